The van der Waals surface area contributed by atoms with Gasteiger partial charge in [0.2, 0.25) is 0 Å². The van der Waals surface area contributed by atoms with Gasteiger partial charge in [-0.05, 0) is 47.6 Å². The number of nitrogens with zero attached hydrogens (tertiary/aromatic N) is 1. The third kappa shape index (κ3) is 2.27. The van der Waals surface area contributed by atoms with E-state index in [0.29, 0.717) is 10.2 Å². The van der Waals surface area contributed by atoms with Crippen molar-refractivity contribution in [3.05, 3.63) is 63.9 Å². The Morgan fingerprint density at radius 1 is 1.00 bits per heavy atom. The second kappa shape index (κ2) is 5.64. The summed E-state index contributed by atoms with van der Waals surface area (Å²) in [4.78, 5) is 3.30. The number of fused-ring (bicyclic) bond motifs is 2. The van der Waals surface area contributed by atoms with E-state index in [1.54, 1.807) is 0 Å². The Hall–Kier alpha value is -2.44. The first-order valence-electron chi connectivity index (χ1n) is 7.96. The lowest BCUT2D eigenvalue weighted by atomic mass is 9.85. The highest BCUT2D eigenvalue weighted by atomic mass is 32.1. The molecule has 1 heterocycles. The molecule has 112 valence electrons. The molecule has 2 aromatic carbocycles. The van der Waals surface area contributed by atoms with Gasteiger partial charge >= 0.3 is 0 Å². The molecule has 0 aliphatic heterocycles. The lowest BCUT2D eigenvalue weighted by Crippen LogP contribution is -2.09. The number of hydrogen-bond donors (Lipinski definition) is 1. The van der Waals surface area contributed by atoms with E-state index in [1.165, 1.54) is 34.9 Å². The van der Waals surface area contributed by atoms with Gasteiger partial charge in [0.05, 0.1) is 5.56 Å². The number of H-pyrrole nitrogens is 1. The lowest BCUT2D eigenvalue weighted by Gasteiger charge is -2.21. The normalized spacial score (nSPS) is 13.5. The molecule has 0 bridgehead atoms. The molecule has 0 fully saturated rings. The molecule has 0 amide bonds. The van der Waals surface area contributed by atoms with Crippen molar-refractivity contribution in [1.82, 2.24) is 4.98 Å². The van der Waals surface area contributed by atoms with Gasteiger partial charge in [-0.1, -0.05) is 54.7 Å². The van der Waals surface area contributed by atoms with Gasteiger partial charge in [-0.2, -0.15) is 5.26 Å². The number of hydrogen-bond acceptors (Lipinski definition) is 2. The van der Waals surface area contributed by atoms with Crippen LogP contribution in [-0.2, 0) is 12.8 Å². The van der Waals surface area contributed by atoms with Gasteiger partial charge in [-0.15, -0.1) is 0 Å². The Bertz CT molecular complexity index is 1000. The van der Waals surface area contributed by atoms with Crippen LogP contribution in [0.5, 0.6) is 0 Å². The number of aromatic nitrogens is 1. The maximum Gasteiger partial charge on any atom is 0.122 e. The van der Waals surface area contributed by atoms with Crippen LogP contribution >= 0.6 is 12.2 Å². The molecule has 1 aliphatic rings. The van der Waals surface area contributed by atoms with Crippen molar-refractivity contribution in [2.75, 3.05) is 0 Å². The minimum absolute atomic E-state index is 0.566. The van der Waals surface area contributed by atoms with Crippen molar-refractivity contribution < 1.29 is 0 Å². The molecule has 1 aromatic heterocycles. The van der Waals surface area contributed by atoms with Crippen LogP contribution in [0, 0.1) is 16.0 Å². The Kier molecular flexibility index (Phi) is 3.48. The summed E-state index contributed by atoms with van der Waals surface area (Å²) in [5.74, 6) is 0. The Labute approximate surface area is 140 Å². The van der Waals surface area contributed by atoms with Crippen LogP contribution in [0.3, 0.4) is 0 Å². The van der Waals surface area contributed by atoms with Crippen molar-refractivity contribution in [3.63, 3.8) is 0 Å². The summed E-state index contributed by atoms with van der Waals surface area (Å²) < 4.78 is 0.566. The van der Waals surface area contributed by atoms with Crippen LogP contribution in [0.1, 0.15) is 29.7 Å². The summed E-state index contributed by atoms with van der Waals surface area (Å²) in [6.07, 6.45) is 4.37. The van der Waals surface area contributed by atoms with E-state index in [4.69, 9.17) is 12.2 Å². The van der Waals surface area contributed by atoms with Gasteiger partial charge in [0, 0.05) is 11.3 Å². The first-order chi connectivity index (χ1) is 11.3. The molecule has 0 radical (unpaired) electrons. The molecule has 2 nitrogen and oxygen atoms in total. The zero-order valence-corrected chi connectivity index (χ0v) is 13.5. The van der Waals surface area contributed by atoms with Crippen molar-refractivity contribution in [3.8, 4) is 17.2 Å². The smallest absolute Gasteiger partial charge is 0.122 e. The molecule has 1 aliphatic carbocycles. The van der Waals surface area contributed by atoms with E-state index in [-0.39, 0.29) is 0 Å². The van der Waals surface area contributed by atoms with Crippen molar-refractivity contribution in [2.24, 2.45) is 0 Å². The molecular weight excluding hydrogens is 300 g/mol. The average Bonchev–Trinajstić information content (AvgIpc) is 2.60. The molecular formula is C20H16N2S. The Balaban J connectivity index is 2.14. The monoisotopic (exact) mass is 316 g/mol. The third-order valence-electron chi connectivity index (χ3n) is 4.68. The van der Waals surface area contributed by atoms with Crippen molar-refractivity contribution >= 4 is 23.0 Å². The van der Waals surface area contributed by atoms with E-state index in [0.717, 1.165) is 24.0 Å². The molecule has 0 saturated heterocycles. The number of aromatic amines is 1. The van der Waals surface area contributed by atoms with Crippen LogP contribution in [-0.4, -0.2) is 4.98 Å². The molecule has 0 atom stereocenters. The number of benzene rings is 2. The standard InChI is InChI=1S/C20H16N2S/c21-12-17-19(16-9-3-4-11-18(16)22-20(17)23)15-10-5-7-13-6-1-2-8-14(13)15/h1-2,5-8,10H,3-4,9,11H2,(H,22,23). The largest absolute Gasteiger partial charge is 0.349 e. The highest BCUT2D eigenvalue weighted by Gasteiger charge is 2.21. The number of rotatable bonds is 1. The molecule has 4 rings (SSSR count). The fraction of sp³-hybridized carbons (Fsp3) is 0.200. The molecule has 23 heavy (non-hydrogen) atoms. The zero-order chi connectivity index (χ0) is 15.8. The average molecular weight is 316 g/mol. The van der Waals surface area contributed by atoms with Crippen LogP contribution in [0.4, 0.5) is 0 Å². The predicted molar refractivity (Wildman–Crippen MR) is 95.9 cm³/mol. The summed E-state index contributed by atoms with van der Waals surface area (Å²) in [7, 11) is 0. The Morgan fingerprint density at radius 2 is 1.78 bits per heavy atom. The maximum atomic E-state index is 9.70. The first kappa shape index (κ1) is 14.2. The quantitative estimate of drug-likeness (QED) is 0.618. The molecule has 0 spiro atoms. The minimum atomic E-state index is 0.566. The highest BCUT2D eigenvalue weighted by Crippen LogP contribution is 2.37. The second-order valence-corrected chi connectivity index (χ2v) is 6.42. The van der Waals surface area contributed by atoms with Crippen molar-refractivity contribution in [1.29, 1.82) is 5.26 Å². The summed E-state index contributed by atoms with van der Waals surface area (Å²) in [5, 5.41) is 12.1. The second-order valence-electron chi connectivity index (χ2n) is 6.01. The predicted octanol–water partition coefficient (Wildman–Crippen LogP) is 5.31. The van der Waals surface area contributed by atoms with Crippen LogP contribution < -0.4 is 0 Å². The summed E-state index contributed by atoms with van der Waals surface area (Å²) >= 11 is 5.47. The minimum Gasteiger partial charge on any atom is -0.349 e. The van der Waals surface area contributed by atoms with Crippen LogP contribution in [0.15, 0.2) is 42.5 Å². The fourth-order valence-corrected chi connectivity index (χ4v) is 3.90. The van der Waals surface area contributed by atoms with Gasteiger partial charge in [0.25, 0.3) is 0 Å². The third-order valence-corrected chi connectivity index (χ3v) is 4.99. The van der Waals surface area contributed by atoms with E-state index >= 15 is 0 Å². The molecule has 1 N–H and O–H groups in total. The summed E-state index contributed by atoms with van der Waals surface area (Å²) in [6.45, 7) is 0. The van der Waals surface area contributed by atoms with Crippen molar-refractivity contribution in [2.45, 2.75) is 25.7 Å². The first-order valence-corrected chi connectivity index (χ1v) is 8.36. The zero-order valence-electron chi connectivity index (χ0n) is 12.7. The summed E-state index contributed by atoms with van der Waals surface area (Å²) in [6, 6.07) is 17.0. The Morgan fingerprint density at radius 3 is 2.65 bits per heavy atom. The van der Waals surface area contributed by atoms with Gasteiger partial charge in [-0.25, -0.2) is 0 Å². The molecule has 3 aromatic rings. The SMILES string of the molecule is N#Cc1c(-c2cccc3ccccc23)c2c([nH]c1=S)CCCC2. The van der Waals surface area contributed by atoms with Gasteiger partial charge < -0.3 is 4.98 Å². The topological polar surface area (TPSA) is 39.6 Å². The van der Waals surface area contributed by atoms with Gasteiger partial charge in [-0.3, -0.25) is 0 Å². The molecule has 3 heteroatoms. The van der Waals surface area contributed by atoms with Gasteiger partial charge in [0.1, 0.15) is 10.7 Å². The number of nitriles is 1. The van der Waals surface area contributed by atoms with E-state index in [9.17, 15) is 5.26 Å². The van der Waals surface area contributed by atoms with E-state index < -0.39 is 0 Å². The number of nitrogens with one attached hydrogen (secondary N) is 1. The van der Waals surface area contributed by atoms with Crippen LogP contribution in [0.25, 0.3) is 21.9 Å². The fourth-order valence-electron chi connectivity index (χ4n) is 3.63. The number of aryl methyl sites for hydroxylation is 1. The summed E-state index contributed by atoms with van der Waals surface area (Å²) in [5.41, 5.74) is 5.26. The number of pyridine rings is 1. The van der Waals surface area contributed by atoms with Gasteiger partial charge in [0.15, 0.2) is 0 Å². The lowest BCUT2D eigenvalue weighted by molar-refractivity contribution is 0.668. The molecule has 0 saturated carbocycles. The van der Waals surface area contributed by atoms with E-state index in [1.807, 2.05) is 12.1 Å². The van der Waals surface area contributed by atoms with E-state index in [2.05, 4.69) is 41.4 Å². The molecule has 0 unspecified atom stereocenters. The maximum absolute atomic E-state index is 9.70. The van der Waals surface area contributed by atoms with Crippen LogP contribution in [0.2, 0.25) is 0 Å². The highest BCUT2D eigenvalue weighted by molar-refractivity contribution is 7.71.